The minimum atomic E-state index is -10.7. The number of carbonyl (C=O) groups excluding carboxylic acids is 1. The molecule has 17 heteroatoms. The van der Waals surface area contributed by atoms with E-state index in [1.807, 2.05) is 19.1 Å². The summed E-state index contributed by atoms with van der Waals surface area (Å²) < 4.78 is 69.2. The molecular weight excluding hydrogens is 555 g/mol. The monoisotopic (exact) mass is 587 g/mol. The molecule has 0 amide bonds. The number of aliphatic hydroxyl groups excluding tert-OH is 3. The number of rotatable bonds is 10. The fourth-order valence-electron chi connectivity index (χ4n) is 3.70. The van der Waals surface area contributed by atoms with Crippen LogP contribution in [0.15, 0.2) is 24.3 Å². The number of phenols is 1. The number of esters is 1. The number of ether oxygens (including phenoxy) is 2. The van der Waals surface area contributed by atoms with Gasteiger partial charge in [-0.15, -0.1) is 0 Å². The van der Waals surface area contributed by atoms with Crippen LogP contribution in [-0.2, 0) is 25.5 Å². The Morgan fingerprint density at radius 1 is 1.03 bits per heavy atom. The topological polar surface area (TPSA) is 158 Å². The zero-order valence-electron chi connectivity index (χ0n) is 20.4. The second-order valence-electron chi connectivity index (χ2n) is 8.82. The fraction of sp³-hybridized carbons (Fsp3) is 0.619. The molecule has 1 saturated heterocycles. The molecule has 6 N–H and O–H groups in total. The molecule has 1 fully saturated rings. The number of hydrogen-bond donors (Lipinski definition) is 6. The Hall–Kier alpha value is -2.23. The van der Waals surface area contributed by atoms with E-state index < -0.39 is 50.5 Å². The molecule has 1 aliphatic rings. The number of carboxylic acids is 1. The summed E-state index contributed by atoms with van der Waals surface area (Å²) in [5.41, 5.74) is 1.10. The van der Waals surface area contributed by atoms with E-state index in [1.165, 1.54) is 4.90 Å². The summed E-state index contributed by atoms with van der Waals surface area (Å²) in [6, 6.07) is 7.33. The van der Waals surface area contributed by atoms with E-state index >= 15 is 0 Å². The first-order chi connectivity index (χ1) is 17.1. The number of hydrogen-bond acceptors (Lipinski definition) is 8. The van der Waals surface area contributed by atoms with Gasteiger partial charge < -0.3 is 39.9 Å². The molecule has 0 aliphatic carbocycles. The molecule has 4 unspecified atom stereocenters. The Morgan fingerprint density at radius 2 is 1.55 bits per heavy atom. The van der Waals surface area contributed by atoms with Gasteiger partial charge in [0.25, 0.3) is 0 Å². The number of halogens is 6. The number of carbonyl (C=O) groups is 2. The van der Waals surface area contributed by atoms with Crippen molar-refractivity contribution in [3.05, 3.63) is 29.8 Å². The van der Waals surface area contributed by atoms with Crippen molar-refractivity contribution in [1.29, 1.82) is 0 Å². The molecule has 0 saturated carbocycles. The van der Waals surface area contributed by atoms with Crippen molar-refractivity contribution in [2.45, 2.75) is 69.9 Å². The van der Waals surface area contributed by atoms with E-state index in [-0.39, 0.29) is 18.2 Å². The summed E-state index contributed by atoms with van der Waals surface area (Å²) in [5.74, 6) is -2.01. The Morgan fingerprint density at radius 3 is 2.03 bits per heavy atom. The van der Waals surface area contributed by atoms with Crippen LogP contribution < -0.4 is 4.90 Å². The van der Waals surface area contributed by atoms with Crippen molar-refractivity contribution in [2.75, 3.05) is 13.1 Å². The third kappa shape index (κ3) is 13.5. The van der Waals surface area contributed by atoms with E-state index in [9.17, 15) is 55.2 Å². The molecule has 38 heavy (non-hydrogen) atoms. The second kappa shape index (κ2) is 12.3. The first kappa shape index (κ1) is 33.8. The van der Waals surface area contributed by atoms with E-state index in [4.69, 9.17) is 14.6 Å². The Balaban J connectivity index is 0.000000905. The standard InChI is InChI=1S/C21H31NO9.F6P/c1-3-22(12(2)11-13-6-8-14(23)9-7-13)10-4-5-15(24)30-21-18(27)16(25)17(26)19(31-21)20(28)29;1-7(2,3,4,5)6/h6-9,12,16-19,21,23,25-27H,3-5,10-11H2,1-2H3,(H,28,29);/q;-1/p+1/t12?,16?,17-,18?,19-,21+;/m0./s1. The first-order valence-corrected chi connectivity index (χ1v) is 13.4. The summed E-state index contributed by atoms with van der Waals surface area (Å²) in [6.07, 6.45) is -7.54. The van der Waals surface area contributed by atoms with Crippen molar-refractivity contribution >= 4 is 19.7 Å². The number of aromatic hydroxyl groups is 1. The summed E-state index contributed by atoms with van der Waals surface area (Å²) in [7, 11) is -10.7. The maximum absolute atomic E-state index is 12.1. The molecule has 0 aromatic heterocycles. The van der Waals surface area contributed by atoms with Gasteiger partial charge in [0.05, 0.1) is 25.6 Å². The van der Waals surface area contributed by atoms with Crippen LogP contribution in [0.1, 0.15) is 32.3 Å². The average Bonchev–Trinajstić information content (AvgIpc) is 2.76. The molecule has 0 bridgehead atoms. The number of nitrogens with one attached hydrogen (secondary N) is 1. The summed E-state index contributed by atoms with van der Waals surface area (Å²) in [5, 5.41) is 47.8. The van der Waals surface area contributed by atoms with E-state index in [2.05, 4.69) is 6.92 Å². The summed E-state index contributed by atoms with van der Waals surface area (Å²) in [4.78, 5) is 24.5. The Bertz CT molecular complexity index is 924. The van der Waals surface area contributed by atoms with E-state index in [1.54, 1.807) is 12.1 Å². The number of quaternary nitrogens is 1. The van der Waals surface area contributed by atoms with E-state index in [0.717, 1.165) is 18.5 Å². The third-order valence-corrected chi connectivity index (χ3v) is 5.57. The second-order valence-corrected chi connectivity index (χ2v) is 10.7. The molecule has 222 valence electrons. The predicted molar refractivity (Wildman–Crippen MR) is 121 cm³/mol. The van der Waals surface area contributed by atoms with Crippen LogP contribution in [0.25, 0.3) is 0 Å². The van der Waals surface area contributed by atoms with Crippen LogP contribution in [0, 0.1) is 0 Å². The third-order valence-electron chi connectivity index (χ3n) is 5.57. The number of aliphatic hydroxyl groups is 3. The maximum atomic E-state index is 12.1. The average molecular weight is 587 g/mol. The molecule has 1 heterocycles. The molecular formula is C21H32F6NO9P. The van der Waals surface area contributed by atoms with Crippen LogP contribution in [-0.4, -0.2) is 87.3 Å². The van der Waals surface area contributed by atoms with Gasteiger partial charge >= 0.3 is 44.9 Å². The molecule has 0 radical (unpaired) electrons. The van der Waals surface area contributed by atoms with Gasteiger partial charge in [0, 0.05) is 12.8 Å². The zero-order valence-corrected chi connectivity index (χ0v) is 21.3. The summed E-state index contributed by atoms with van der Waals surface area (Å²) >= 11 is 0. The predicted octanol–water partition coefficient (Wildman–Crippen LogP) is 1.83. The van der Waals surface area contributed by atoms with Gasteiger partial charge in [0.15, 0.2) is 6.10 Å². The number of aliphatic carboxylic acids is 1. The van der Waals surface area contributed by atoms with Crippen LogP contribution in [0.4, 0.5) is 25.2 Å². The zero-order chi connectivity index (χ0) is 29.5. The van der Waals surface area contributed by atoms with Crippen LogP contribution in [0.3, 0.4) is 0 Å². The van der Waals surface area contributed by atoms with E-state index in [0.29, 0.717) is 13.0 Å². The molecule has 0 spiro atoms. The first-order valence-electron chi connectivity index (χ1n) is 11.4. The minimum absolute atomic E-state index is 0.0262. The molecule has 1 aromatic carbocycles. The normalized spacial score (nSPS) is 27.1. The quantitative estimate of drug-likeness (QED) is 0.137. The number of likely N-dealkylation sites (N-methyl/N-ethyl adjacent to an activating group) is 1. The van der Waals surface area contributed by atoms with Gasteiger partial charge in [-0.05, 0) is 31.5 Å². The number of phenolic OH excluding ortho intramolecular Hbond substituents is 1. The Kier molecular flexibility index (Phi) is 10.9. The van der Waals surface area contributed by atoms with Crippen molar-refractivity contribution in [2.24, 2.45) is 0 Å². The van der Waals surface area contributed by atoms with Crippen LogP contribution in [0.2, 0.25) is 0 Å². The van der Waals surface area contributed by atoms with Crippen molar-refractivity contribution in [1.82, 2.24) is 0 Å². The number of benzene rings is 1. The number of carboxylic acid groups (broad SMARTS) is 1. The van der Waals surface area contributed by atoms with Crippen molar-refractivity contribution < 1.29 is 74.7 Å². The molecule has 1 aliphatic heterocycles. The van der Waals surface area contributed by atoms with Crippen molar-refractivity contribution in [3.8, 4) is 5.75 Å². The SMILES string of the molecule is CC[NH+](CCCC(=O)O[C@@H]1O[C@H](C(=O)O)[C@@H](O)C(O)C1O)C(C)Cc1ccc(O)cc1.F[P-](F)(F)(F)(F)F. The van der Waals surface area contributed by atoms with Gasteiger partial charge in [0.1, 0.15) is 24.1 Å². The molecule has 1 aromatic rings. The van der Waals surface area contributed by atoms with Gasteiger partial charge in [-0.1, -0.05) is 12.1 Å². The molecule has 2 rings (SSSR count). The van der Waals surface area contributed by atoms with Gasteiger partial charge in [-0.25, -0.2) is 4.79 Å². The van der Waals surface area contributed by atoms with Crippen LogP contribution >= 0.6 is 7.81 Å². The Labute approximate surface area is 213 Å². The van der Waals surface area contributed by atoms with Gasteiger partial charge in [-0.2, -0.15) is 0 Å². The molecule has 10 nitrogen and oxygen atoms in total. The summed E-state index contributed by atoms with van der Waals surface area (Å²) in [6.45, 7) is 5.70. The molecule has 7 atom stereocenters. The van der Waals surface area contributed by atoms with Crippen LogP contribution in [0.5, 0.6) is 5.75 Å². The van der Waals surface area contributed by atoms with Gasteiger partial charge in [0.2, 0.25) is 6.29 Å². The van der Waals surface area contributed by atoms with Gasteiger partial charge in [-0.3, -0.25) is 4.79 Å². The van der Waals surface area contributed by atoms with Crippen molar-refractivity contribution in [3.63, 3.8) is 0 Å². The fourth-order valence-corrected chi connectivity index (χ4v) is 3.70.